The highest BCUT2D eigenvalue weighted by molar-refractivity contribution is 5.25. The molecule has 0 aromatic carbocycles. The molecule has 2 aliphatic rings. The van der Waals surface area contributed by atoms with E-state index < -0.39 is 5.60 Å². The molecular weight excluding hydrogens is 196 g/mol. The summed E-state index contributed by atoms with van der Waals surface area (Å²) in [4.78, 5) is 0. The van der Waals surface area contributed by atoms with E-state index in [0.29, 0.717) is 5.92 Å². The minimum atomic E-state index is -0.433. The first-order valence-electron chi connectivity index (χ1n) is 7.04. The van der Waals surface area contributed by atoms with Crippen molar-refractivity contribution in [3.63, 3.8) is 0 Å². The number of aliphatic hydroxyl groups is 1. The number of hydrogen-bond donors (Lipinski definition) is 1. The zero-order valence-corrected chi connectivity index (χ0v) is 10.9. The summed E-state index contributed by atoms with van der Waals surface area (Å²) in [6, 6.07) is 0. The van der Waals surface area contributed by atoms with Crippen LogP contribution in [0.25, 0.3) is 0 Å². The lowest BCUT2D eigenvalue weighted by atomic mass is 9.66. The Labute approximate surface area is 99.9 Å². The van der Waals surface area contributed by atoms with Crippen LogP contribution >= 0.6 is 0 Å². The van der Waals surface area contributed by atoms with Gasteiger partial charge in [-0.25, -0.2) is 0 Å². The van der Waals surface area contributed by atoms with Gasteiger partial charge in [-0.3, -0.25) is 0 Å². The third-order valence-electron chi connectivity index (χ3n) is 4.64. The number of rotatable bonds is 1. The van der Waals surface area contributed by atoms with E-state index >= 15 is 0 Å². The maximum Gasteiger partial charge on any atom is 0.0887 e. The fourth-order valence-electron chi connectivity index (χ4n) is 3.78. The second-order valence-corrected chi connectivity index (χ2v) is 5.94. The van der Waals surface area contributed by atoms with Crippen molar-refractivity contribution >= 4 is 0 Å². The molecule has 0 aliphatic heterocycles. The Balaban J connectivity index is 2.21. The maximum absolute atomic E-state index is 11.1. The monoisotopic (exact) mass is 222 g/mol. The molecule has 92 valence electrons. The smallest absolute Gasteiger partial charge is 0.0887 e. The Morgan fingerprint density at radius 2 is 1.75 bits per heavy atom. The van der Waals surface area contributed by atoms with Gasteiger partial charge in [0.05, 0.1) is 5.60 Å². The molecule has 0 radical (unpaired) electrons. The van der Waals surface area contributed by atoms with Crippen LogP contribution in [0.2, 0.25) is 0 Å². The van der Waals surface area contributed by atoms with Crippen molar-refractivity contribution in [1.29, 1.82) is 0 Å². The average Bonchev–Trinajstić information content (AvgIpc) is 2.30. The predicted molar refractivity (Wildman–Crippen MR) is 68.4 cm³/mol. The average molecular weight is 222 g/mol. The van der Waals surface area contributed by atoms with E-state index in [2.05, 4.69) is 13.8 Å². The van der Waals surface area contributed by atoms with Gasteiger partial charge in [-0.1, -0.05) is 24.8 Å². The van der Waals surface area contributed by atoms with E-state index in [0.717, 1.165) is 12.8 Å². The first-order valence-corrected chi connectivity index (χ1v) is 7.04. The highest BCUT2D eigenvalue weighted by atomic mass is 16.3. The van der Waals surface area contributed by atoms with Crippen molar-refractivity contribution in [2.24, 2.45) is 5.92 Å². The van der Waals surface area contributed by atoms with E-state index in [9.17, 15) is 5.11 Å². The molecule has 0 saturated heterocycles. The van der Waals surface area contributed by atoms with Gasteiger partial charge >= 0.3 is 0 Å². The van der Waals surface area contributed by atoms with Gasteiger partial charge in [0.2, 0.25) is 0 Å². The third kappa shape index (κ3) is 2.20. The van der Waals surface area contributed by atoms with Crippen LogP contribution in [0.5, 0.6) is 0 Å². The molecule has 1 N–H and O–H groups in total. The maximum atomic E-state index is 11.1. The Bertz CT molecular complexity index is 269. The van der Waals surface area contributed by atoms with Gasteiger partial charge in [-0.2, -0.15) is 0 Å². The molecule has 2 aliphatic carbocycles. The molecule has 2 fully saturated rings. The van der Waals surface area contributed by atoms with Gasteiger partial charge < -0.3 is 5.11 Å². The highest BCUT2D eigenvalue weighted by Crippen LogP contribution is 2.45. The van der Waals surface area contributed by atoms with E-state index in [1.54, 1.807) is 0 Å². The molecule has 1 heteroatoms. The lowest BCUT2D eigenvalue weighted by molar-refractivity contribution is -0.0210. The zero-order chi connectivity index (χ0) is 11.6. The largest absolute Gasteiger partial charge is 0.385 e. The van der Waals surface area contributed by atoms with E-state index in [-0.39, 0.29) is 0 Å². The molecule has 1 atom stereocenters. The van der Waals surface area contributed by atoms with Crippen LogP contribution in [0.15, 0.2) is 11.1 Å². The first-order chi connectivity index (χ1) is 7.64. The molecule has 1 nitrogen and oxygen atoms in total. The lowest BCUT2D eigenvalue weighted by Gasteiger charge is -2.44. The summed E-state index contributed by atoms with van der Waals surface area (Å²) in [7, 11) is 0. The fraction of sp³-hybridized carbons (Fsp3) is 0.867. The molecule has 0 spiro atoms. The van der Waals surface area contributed by atoms with Gasteiger partial charge in [0.15, 0.2) is 0 Å². The van der Waals surface area contributed by atoms with Gasteiger partial charge in [0, 0.05) is 0 Å². The van der Waals surface area contributed by atoms with E-state index in [1.165, 1.54) is 56.1 Å². The van der Waals surface area contributed by atoms with Gasteiger partial charge in [-0.15, -0.1) is 0 Å². The molecular formula is C15H26O. The second kappa shape index (κ2) is 4.91. The van der Waals surface area contributed by atoms with Crippen molar-refractivity contribution in [3.05, 3.63) is 11.1 Å². The van der Waals surface area contributed by atoms with Crippen LogP contribution in [0.1, 0.15) is 71.6 Å². The molecule has 0 aromatic rings. The Kier molecular flexibility index (Phi) is 3.73. The minimum absolute atomic E-state index is 0.433. The zero-order valence-electron chi connectivity index (χ0n) is 10.9. The summed E-state index contributed by atoms with van der Waals surface area (Å²) < 4.78 is 0. The summed E-state index contributed by atoms with van der Waals surface area (Å²) in [5, 5.41) is 11.1. The number of allylic oxidation sites excluding steroid dienone is 1. The topological polar surface area (TPSA) is 20.2 Å². The standard InChI is InChI=1S/C15H26O/c1-12(2)14-10-6-7-11-15(14,16)13-8-4-3-5-9-13/h13,16H,3-11H2,1-2H3. The Morgan fingerprint density at radius 1 is 1.06 bits per heavy atom. The van der Waals surface area contributed by atoms with Gasteiger partial charge in [0.1, 0.15) is 0 Å². The summed E-state index contributed by atoms with van der Waals surface area (Å²) in [6.07, 6.45) is 11.1. The molecule has 16 heavy (non-hydrogen) atoms. The molecule has 0 amide bonds. The number of hydrogen-bond acceptors (Lipinski definition) is 1. The van der Waals surface area contributed by atoms with Crippen molar-refractivity contribution < 1.29 is 5.11 Å². The summed E-state index contributed by atoms with van der Waals surface area (Å²) in [5.41, 5.74) is 2.32. The van der Waals surface area contributed by atoms with E-state index in [1.807, 2.05) is 0 Å². The summed E-state index contributed by atoms with van der Waals surface area (Å²) in [6.45, 7) is 4.35. The molecule has 0 heterocycles. The second-order valence-electron chi connectivity index (χ2n) is 5.94. The molecule has 2 rings (SSSR count). The van der Waals surface area contributed by atoms with Crippen LogP contribution in [-0.2, 0) is 0 Å². The Hall–Kier alpha value is -0.300. The van der Waals surface area contributed by atoms with Crippen molar-refractivity contribution in [3.8, 4) is 0 Å². The van der Waals surface area contributed by atoms with Crippen LogP contribution in [0, 0.1) is 5.92 Å². The van der Waals surface area contributed by atoms with Crippen molar-refractivity contribution in [2.45, 2.75) is 77.2 Å². The third-order valence-corrected chi connectivity index (χ3v) is 4.64. The lowest BCUT2D eigenvalue weighted by Crippen LogP contribution is -2.43. The summed E-state index contributed by atoms with van der Waals surface area (Å²) in [5.74, 6) is 0.548. The molecule has 0 bridgehead atoms. The highest BCUT2D eigenvalue weighted by Gasteiger charge is 2.41. The minimum Gasteiger partial charge on any atom is -0.385 e. The molecule has 0 aromatic heterocycles. The van der Waals surface area contributed by atoms with Crippen LogP contribution in [0.4, 0.5) is 0 Å². The van der Waals surface area contributed by atoms with E-state index in [4.69, 9.17) is 0 Å². The van der Waals surface area contributed by atoms with Crippen LogP contribution < -0.4 is 0 Å². The van der Waals surface area contributed by atoms with Crippen LogP contribution in [0.3, 0.4) is 0 Å². The Morgan fingerprint density at radius 3 is 2.38 bits per heavy atom. The van der Waals surface area contributed by atoms with Crippen molar-refractivity contribution in [2.75, 3.05) is 0 Å². The normalized spacial score (nSPS) is 32.8. The SMILES string of the molecule is CC(C)=C1CCCCC1(O)C1CCCCC1. The molecule has 1 unspecified atom stereocenters. The predicted octanol–water partition coefficient (Wildman–Crippen LogP) is 4.21. The van der Waals surface area contributed by atoms with Gasteiger partial charge in [-0.05, 0) is 63.9 Å². The van der Waals surface area contributed by atoms with Crippen LogP contribution in [-0.4, -0.2) is 10.7 Å². The summed E-state index contributed by atoms with van der Waals surface area (Å²) >= 11 is 0. The first kappa shape index (κ1) is 12.2. The fourth-order valence-corrected chi connectivity index (χ4v) is 3.78. The van der Waals surface area contributed by atoms with Gasteiger partial charge in [0.25, 0.3) is 0 Å². The molecule has 2 saturated carbocycles. The quantitative estimate of drug-likeness (QED) is 0.659. The van der Waals surface area contributed by atoms with Crippen molar-refractivity contribution in [1.82, 2.24) is 0 Å².